The fourth-order valence-electron chi connectivity index (χ4n) is 2.57. The smallest absolute Gasteiger partial charge is 0.346 e. The van der Waals surface area contributed by atoms with Crippen molar-refractivity contribution in [3.8, 4) is 17.0 Å². The Labute approximate surface area is 160 Å². The third kappa shape index (κ3) is 4.61. The van der Waals surface area contributed by atoms with Gasteiger partial charge in [-0.3, -0.25) is 9.59 Å². The summed E-state index contributed by atoms with van der Waals surface area (Å²) >= 11 is 0. The number of carbonyl (C=O) groups excluding carboxylic acids is 2. The molecule has 8 nitrogen and oxygen atoms in total. The van der Waals surface area contributed by atoms with Gasteiger partial charge in [0.05, 0.1) is 12.8 Å². The number of methoxy groups -OCH3 is 1. The number of benzene rings is 2. The second-order valence-corrected chi connectivity index (χ2v) is 5.93. The Kier molecular flexibility index (Phi) is 5.50. The number of hydrogen-bond acceptors (Lipinski definition) is 5. The Morgan fingerprint density at radius 1 is 1.00 bits per heavy atom. The minimum absolute atomic E-state index is 0.0655. The van der Waals surface area contributed by atoms with Gasteiger partial charge >= 0.3 is 5.69 Å². The third-order valence-electron chi connectivity index (χ3n) is 3.82. The maximum Gasteiger partial charge on any atom is 0.346 e. The van der Waals surface area contributed by atoms with Crippen molar-refractivity contribution in [2.45, 2.75) is 6.92 Å². The molecule has 0 saturated heterocycles. The fourth-order valence-corrected chi connectivity index (χ4v) is 2.57. The molecule has 3 aromatic rings. The predicted octanol–water partition coefficient (Wildman–Crippen LogP) is 2.66. The summed E-state index contributed by atoms with van der Waals surface area (Å²) in [5, 5.41) is 5.33. The van der Waals surface area contributed by atoms with E-state index in [1.165, 1.54) is 13.0 Å². The number of amides is 2. The molecule has 0 fully saturated rings. The molecule has 2 amide bonds. The number of ether oxygens (including phenoxy) is 1. The average Bonchev–Trinajstić information content (AvgIpc) is 2.67. The van der Waals surface area contributed by atoms with Crippen LogP contribution in [-0.4, -0.2) is 28.9 Å². The maximum absolute atomic E-state index is 12.6. The Balaban J connectivity index is 1.85. The molecule has 3 rings (SSSR count). The van der Waals surface area contributed by atoms with E-state index in [0.29, 0.717) is 28.4 Å². The molecule has 0 aliphatic rings. The van der Waals surface area contributed by atoms with Crippen LogP contribution in [0.15, 0.2) is 59.4 Å². The summed E-state index contributed by atoms with van der Waals surface area (Å²) in [6.07, 6.45) is 0. The van der Waals surface area contributed by atoms with E-state index in [2.05, 4.69) is 20.6 Å². The van der Waals surface area contributed by atoms with E-state index in [1.54, 1.807) is 55.6 Å². The van der Waals surface area contributed by atoms with Crippen LogP contribution in [0.1, 0.15) is 17.4 Å². The third-order valence-corrected chi connectivity index (χ3v) is 3.82. The van der Waals surface area contributed by atoms with Crippen LogP contribution in [0.25, 0.3) is 11.3 Å². The van der Waals surface area contributed by atoms with Gasteiger partial charge in [0.1, 0.15) is 11.4 Å². The first-order valence-electron chi connectivity index (χ1n) is 8.39. The van der Waals surface area contributed by atoms with Gasteiger partial charge in [0.2, 0.25) is 5.91 Å². The van der Waals surface area contributed by atoms with Crippen molar-refractivity contribution in [3.63, 3.8) is 0 Å². The minimum Gasteiger partial charge on any atom is -0.497 e. The van der Waals surface area contributed by atoms with E-state index in [0.717, 1.165) is 0 Å². The number of hydrogen-bond donors (Lipinski definition) is 3. The number of rotatable bonds is 5. The zero-order chi connectivity index (χ0) is 20.1. The largest absolute Gasteiger partial charge is 0.497 e. The summed E-state index contributed by atoms with van der Waals surface area (Å²) in [5.74, 6) is -0.0501. The number of aromatic amines is 1. The standard InChI is InChI=1S/C20H18N4O4/c1-12(25)21-14-4-3-5-15(10-14)22-19(26)18-11-17(23-20(27)24-18)13-6-8-16(28-2)9-7-13/h3-11H,1-2H3,(H,21,25)(H,22,26)(H,23,24,27). The molecule has 0 bridgehead atoms. The van der Waals surface area contributed by atoms with Crippen LogP contribution >= 0.6 is 0 Å². The number of nitrogens with one attached hydrogen (secondary N) is 3. The van der Waals surface area contributed by atoms with E-state index in [1.807, 2.05) is 0 Å². The van der Waals surface area contributed by atoms with Gasteiger partial charge in [0.15, 0.2) is 0 Å². The molecular weight excluding hydrogens is 360 g/mol. The molecule has 0 atom stereocenters. The quantitative estimate of drug-likeness (QED) is 0.632. The van der Waals surface area contributed by atoms with Crippen LogP contribution in [0.4, 0.5) is 11.4 Å². The van der Waals surface area contributed by atoms with Crippen molar-refractivity contribution in [1.82, 2.24) is 9.97 Å². The molecule has 3 N–H and O–H groups in total. The van der Waals surface area contributed by atoms with Gasteiger partial charge in [-0.2, -0.15) is 4.98 Å². The first-order chi connectivity index (χ1) is 13.4. The van der Waals surface area contributed by atoms with E-state index < -0.39 is 11.6 Å². The maximum atomic E-state index is 12.6. The number of carbonyl (C=O) groups is 2. The molecule has 1 aromatic heterocycles. The zero-order valence-electron chi connectivity index (χ0n) is 15.3. The number of anilines is 2. The van der Waals surface area contributed by atoms with Gasteiger partial charge in [-0.1, -0.05) is 6.07 Å². The highest BCUT2D eigenvalue weighted by atomic mass is 16.5. The molecular formula is C20H18N4O4. The molecule has 1 heterocycles. The number of nitrogens with zero attached hydrogens (tertiary/aromatic N) is 1. The van der Waals surface area contributed by atoms with Crippen molar-refractivity contribution >= 4 is 23.2 Å². The van der Waals surface area contributed by atoms with Crippen LogP contribution in [0.5, 0.6) is 5.75 Å². The van der Waals surface area contributed by atoms with Crippen LogP contribution in [-0.2, 0) is 4.79 Å². The molecule has 0 radical (unpaired) electrons. The molecule has 0 aliphatic carbocycles. The van der Waals surface area contributed by atoms with Crippen molar-refractivity contribution in [2.75, 3.05) is 17.7 Å². The van der Waals surface area contributed by atoms with Gasteiger partial charge in [-0.15, -0.1) is 0 Å². The minimum atomic E-state index is -0.634. The first kappa shape index (κ1) is 18.8. The van der Waals surface area contributed by atoms with Gasteiger partial charge in [0, 0.05) is 23.9 Å². The Morgan fingerprint density at radius 2 is 1.68 bits per heavy atom. The average molecular weight is 378 g/mol. The molecule has 8 heteroatoms. The molecule has 28 heavy (non-hydrogen) atoms. The Morgan fingerprint density at radius 3 is 2.32 bits per heavy atom. The van der Waals surface area contributed by atoms with Crippen molar-refractivity contribution in [3.05, 3.63) is 70.8 Å². The molecule has 0 spiro atoms. The van der Waals surface area contributed by atoms with E-state index in [9.17, 15) is 14.4 Å². The summed E-state index contributed by atoms with van der Waals surface area (Å²) in [6, 6.07) is 15.2. The Bertz CT molecular complexity index is 1070. The second kappa shape index (κ2) is 8.17. The van der Waals surface area contributed by atoms with Crippen LogP contribution in [0.2, 0.25) is 0 Å². The summed E-state index contributed by atoms with van der Waals surface area (Å²) in [6.45, 7) is 1.40. The van der Waals surface area contributed by atoms with E-state index in [4.69, 9.17) is 4.74 Å². The number of H-pyrrole nitrogens is 1. The highest BCUT2D eigenvalue weighted by Crippen LogP contribution is 2.21. The topological polar surface area (TPSA) is 113 Å². The molecule has 0 aliphatic heterocycles. The van der Waals surface area contributed by atoms with Gasteiger partial charge in [-0.25, -0.2) is 4.79 Å². The summed E-state index contributed by atoms with van der Waals surface area (Å²) in [7, 11) is 1.56. The molecule has 0 unspecified atom stereocenters. The highest BCUT2D eigenvalue weighted by molar-refractivity contribution is 6.03. The van der Waals surface area contributed by atoms with E-state index in [-0.39, 0.29) is 11.6 Å². The van der Waals surface area contributed by atoms with Crippen molar-refractivity contribution in [1.29, 1.82) is 0 Å². The molecule has 0 saturated carbocycles. The SMILES string of the molecule is COc1ccc(-c2cc(C(=O)Nc3cccc(NC(C)=O)c3)[nH]c(=O)n2)cc1. The summed E-state index contributed by atoms with van der Waals surface area (Å²) in [4.78, 5) is 42.0. The van der Waals surface area contributed by atoms with Crippen LogP contribution in [0.3, 0.4) is 0 Å². The normalized spacial score (nSPS) is 10.2. The predicted molar refractivity (Wildman–Crippen MR) is 106 cm³/mol. The van der Waals surface area contributed by atoms with E-state index >= 15 is 0 Å². The summed E-state index contributed by atoms with van der Waals surface area (Å²) < 4.78 is 5.11. The van der Waals surface area contributed by atoms with Gasteiger partial charge in [-0.05, 0) is 48.5 Å². The lowest BCUT2D eigenvalue weighted by atomic mass is 10.1. The number of aromatic nitrogens is 2. The highest BCUT2D eigenvalue weighted by Gasteiger charge is 2.12. The molecule has 2 aromatic carbocycles. The van der Waals surface area contributed by atoms with Crippen LogP contribution in [0, 0.1) is 0 Å². The first-order valence-corrected chi connectivity index (χ1v) is 8.39. The molecule has 142 valence electrons. The van der Waals surface area contributed by atoms with Gasteiger partial charge in [0.25, 0.3) is 5.91 Å². The lowest BCUT2D eigenvalue weighted by molar-refractivity contribution is -0.114. The Hall–Kier alpha value is -3.94. The monoisotopic (exact) mass is 378 g/mol. The van der Waals surface area contributed by atoms with Crippen LogP contribution < -0.4 is 21.1 Å². The lowest BCUT2D eigenvalue weighted by Gasteiger charge is -2.09. The second-order valence-electron chi connectivity index (χ2n) is 5.93. The lowest BCUT2D eigenvalue weighted by Crippen LogP contribution is -2.21. The zero-order valence-corrected chi connectivity index (χ0v) is 15.3. The van der Waals surface area contributed by atoms with Crippen molar-refractivity contribution < 1.29 is 14.3 Å². The fraction of sp³-hybridized carbons (Fsp3) is 0.100. The van der Waals surface area contributed by atoms with Crippen molar-refractivity contribution in [2.24, 2.45) is 0 Å². The summed E-state index contributed by atoms with van der Waals surface area (Å²) in [5.41, 5.74) is 1.49. The van der Waals surface area contributed by atoms with Gasteiger partial charge < -0.3 is 20.4 Å².